The lowest BCUT2D eigenvalue weighted by Gasteiger charge is -2.07. The lowest BCUT2D eigenvalue weighted by molar-refractivity contribution is 0.589. The van der Waals surface area contributed by atoms with E-state index in [1.165, 1.54) is 0 Å². The normalized spacial score (nSPS) is 11.3. The zero-order valence-electron chi connectivity index (χ0n) is 7.62. The number of nitrogens with one attached hydrogen (secondary N) is 2. The van der Waals surface area contributed by atoms with Gasteiger partial charge in [-0.2, -0.15) is 13.1 Å². The molecular weight excluding hydrogens is 268 g/mol. The Labute approximate surface area is 92.0 Å². The van der Waals surface area contributed by atoms with Crippen molar-refractivity contribution < 1.29 is 8.42 Å². The fraction of sp³-hybridized carbons (Fsp3) is 0.250. The SMILES string of the molecule is CCNS(=O)(=O)Nc1cccc(Br)c1. The molecule has 0 bridgehead atoms. The van der Waals surface area contributed by atoms with Crippen LogP contribution in [0.5, 0.6) is 0 Å². The van der Waals surface area contributed by atoms with Crippen molar-refractivity contribution in [1.29, 1.82) is 0 Å². The zero-order chi connectivity index (χ0) is 10.6. The van der Waals surface area contributed by atoms with Crippen LogP contribution in [0.3, 0.4) is 0 Å². The minimum absolute atomic E-state index is 0.364. The number of rotatable bonds is 4. The summed E-state index contributed by atoms with van der Waals surface area (Å²) in [6, 6.07) is 6.95. The lowest BCUT2D eigenvalue weighted by Crippen LogP contribution is -2.29. The van der Waals surface area contributed by atoms with Gasteiger partial charge in [0.25, 0.3) is 10.2 Å². The molecule has 0 saturated heterocycles. The molecule has 6 heteroatoms. The largest absolute Gasteiger partial charge is 0.299 e. The van der Waals surface area contributed by atoms with E-state index in [1.807, 2.05) is 6.07 Å². The van der Waals surface area contributed by atoms with Crippen LogP contribution in [-0.2, 0) is 10.2 Å². The molecule has 0 heterocycles. The number of benzene rings is 1. The number of anilines is 1. The molecule has 0 aromatic heterocycles. The average Bonchev–Trinajstić information content (AvgIpc) is 2.02. The van der Waals surface area contributed by atoms with Gasteiger partial charge in [-0.1, -0.05) is 28.9 Å². The van der Waals surface area contributed by atoms with Crippen LogP contribution in [0.15, 0.2) is 28.7 Å². The topological polar surface area (TPSA) is 58.2 Å². The number of hydrogen-bond acceptors (Lipinski definition) is 2. The standard InChI is InChI=1S/C8H11BrN2O2S/c1-2-10-14(12,13)11-8-5-3-4-7(9)6-8/h3-6,10-11H,2H2,1H3. The second kappa shape index (κ2) is 4.77. The average molecular weight is 279 g/mol. The van der Waals surface area contributed by atoms with Crippen molar-refractivity contribution in [3.05, 3.63) is 28.7 Å². The summed E-state index contributed by atoms with van der Waals surface area (Å²) in [6.45, 7) is 2.09. The molecule has 0 fully saturated rings. The van der Waals surface area contributed by atoms with E-state index in [9.17, 15) is 8.42 Å². The molecule has 0 aliphatic heterocycles. The Kier molecular flexibility index (Phi) is 3.91. The van der Waals surface area contributed by atoms with Gasteiger partial charge in [-0.25, -0.2) is 0 Å². The monoisotopic (exact) mass is 278 g/mol. The minimum atomic E-state index is -3.42. The Bertz CT molecular complexity index is 406. The molecule has 0 spiro atoms. The zero-order valence-corrected chi connectivity index (χ0v) is 10.0. The highest BCUT2D eigenvalue weighted by atomic mass is 79.9. The highest BCUT2D eigenvalue weighted by molar-refractivity contribution is 9.10. The van der Waals surface area contributed by atoms with Gasteiger partial charge in [0.1, 0.15) is 0 Å². The summed E-state index contributed by atoms with van der Waals surface area (Å²) in [4.78, 5) is 0. The Morgan fingerprint density at radius 1 is 1.43 bits per heavy atom. The molecule has 0 amide bonds. The molecule has 4 nitrogen and oxygen atoms in total. The molecule has 0 aliphatic carbocycles. The van der Waals surface area contributed by atoms with Crippen molar-refractivity contribution in [2.75, 3.05) is 11.3 Å². The van der Waals surface area contributed by atoms with Crippen LogP contribution in [0.25, 0.3) is 0 Å². The van der Waals surface area contributed by atoms with Crippen LogP contribution in [0.4, 0.5) is 5.69 Å². The first-order chi connectivity index (χ1) is 6.53. The van der Waals surface area contributed by atoms with Gasteiger partial charge in [-0.15, -0.1) is 0 Å². The lowest BCUT2D eigenvalue weighted by atomic mass is 10.3. The van der Waals surface area contributed by atoms with E-state index in [4.69, 9.17) is 0 Å². The van der Waals surface area contributed by atoms with Crippen LogP contribution in [-0.4, -0.2) is 15.0 Å². The van der Waals surface area contributed by atoms with Gasteiger partial charge in [0.2, 0.25) is 0 Å². The number of hydrogen-bond donors (Lipinski definition) is 2. The predicted molar refractivity (Wildman–Crippen MR) is 60.4 cm³/mol. The molecule has 14 heavy (non-hydrogen) atoms. The van der Waals surface area contributed by atoms with Gasteiger partial charge in [0.15, 0.2) is 0 Å². The molecule has 1 aromatic carbocycles. The van der Waals surface area contributed by atoms with E-state index in [0.717, 1.165) is 4.47 Å². The predicted octanol–water partition coefficient (Wildman–Crippen LogP) is 1.72. The van der Waals surface area contributed by atoms with Crippen molar-refractivity contribution >= 4 is 31.8 Å². The van der Waals surface area contributed by atoms with Gasteiger partial charge >= 0.3 is 0 Å². The summed E-state index contributed by atoms with van der Waals surface area (Å²) >= 11 is 3.25. The highest BCUT2D eigenvalue weighted by Gasteiger charge is 2.06. The fourth-order valence-corrected chi connectivity index (χ4v) is 2.22. The van der Waals surface area contributed by atoms with Gasteiger partial charge in [0, 0.05) is 11.0 Å². The van der Waals surface area contributed by atoms with E-state index in [2.05, 4.69) is 25.4 Å². The second-order valence-electron chi connectivity index (χ2n) is 2.61. The van der Waals surface area contributed by atoms with E-state index in [-0.39, 0.29) is 0 Å². The van der Waals surface area contributed by atoms with Gasteiger partial charge in [0.05, 0.1) is 5.69 Å². The molecule has 1 rings (SSSR count). The quantitative estimate of drug-likeness (QED) is 0.881. The number of halogens is 1. The minimum Gasteiger partial charge on any atom is -0.271 e. The maximum atomic E-state index is 11.3. The molecule has 2 N–H and O–H groups in total. The summed E-state index contributed by atoms with van der Waals surface area (Å²) in [5.41, 5.74) is 0.528. The second-order valence-corrected chi connectivity index (χ2v) is 5.03. The van der Waals surface area contributed by atoms with Crippen molar-refractivity contribution in [3.63, 3.8) is 0 Å². The van der Waals surface area contributed by atoms with Gasteiger partial charge in [-0.3, -0.25) is 4.72 Å². The van der Waals surface area contributed by atoms with Crippen LogP contribution >= 0.6 is 15.9 Å². The fourth-order valence-electron chi connectivity index (χ4n) is 0.933. The van der Waals surface area contributed by atoms with Crippen molar-refractivity contribution in [2.24, 2.45) is 0 Å². The molecule has 78 valence electrons. The first-order valence-corrected chi connectivity index (χ1v) is 6.34. The van der Waals surface area contributed by atoms with Gasteiger partial charge < -0.3 is 0 Å². The molecular formula is C8H11BrN2O2S. The van der Waals surface area contributed by atoms with Crippen molar-refractivity contribution in [3.8, 4) is 0 Å². The summed E-state index contributed by atoms with van der Waals surface area (Å²) in [7, 11) is -3.42. The Morgan fingerprint density at radius 2 is 2.14 bits per heavy atom. The molecule has 0 radical (unpaired) electrons. The summed E-state index contributed by atoms with van der Waals surface area (Å²) in [6.07, 6.45) is 0. The van der Waals surface area contributed by atoms with E-state index >= 15 is 0 Å². The highest BCUT2D eigenvalue weighted by Crippen LogP contribution is 2.16. The van der Waals surface area contributed by atoms with Crippen molar-refractivity contribution in [2.45, 2.75) is 6.92 Å². The van der Waals surface area contributed by atoms with Crippen LogP contribution in [0.2, 0.25) is 0 Å². The van der Waals surface area contributed by atoms with E-state index < -0.39 is 10.2 Å². The van der Waals surface area contributed by atoms with Crippen molar-refractivity contribution in [1.82, 2.24) is 4.72 Å². The van der Waals surface area contributed by atoms with Crippen LogP contribution < -0.4 is 9.44 Å². The molecule has 0 aliphatic rings. The van der Waals surface area contributed by atoms with Crippen LogP contribution in [0, 0.1) is 0 Å². The summed E-state index contributed by atoms with van der Waals surface area (Å²) < 4.78 is 28.1. The maximum Gasteiger partial charge on any atom is 0.299 e. The smallest absolute Gasteiger partial charge is 0.271 e. The first kappa shape index (κ1) is 11.5. The molecule has 1 aromatic rings. The molecule has 0 saturated carbocycles. The first-order valence-electron chi connectivity index (χ1n) is 4.06. The summed E-state index contributed by atoms with van der Waals surface area (Å²) in [5, 5.41) is 0. The third kappa shape index (κ3) is 3.65. The Hall–Kier alpha value is -0.590. The Morgan fingerprint density at radius 3 is 2.71 bits per heavy atom. The molecule has 0 unspecified atom stereocenters. The molecule has 0 atom stereocenters. The maximum absolute atomic E-state index is 11.3. The Balaban J connectivity index is 2.79. The third-order valence-corrected chi connectivity index (χ3v) is 3.08. The van der Waals surface area contributed by atoms with E-state index in [0.29, 0.717) is 12.2 Å². The summed E-state index contributed by atoms with van der Waals surface area (Å²) in [5.74, 6) is 0. The van der Waals surface area contributed by atoms with Crippen LogP contribution in [0.1, 0.15) is 6.92 Å². The van der Waals surface area contributed by atoms with E-state index in [1.54, 1.807) is 25.1 Å². The third-order valence-electron chi connectivity index (χ3n) is 1.41. The van der Waals surface area contributed by atoms with Gasteiger partial charge in [-0.05, 0) is 18.2 Å².